The van der Waals surface area contributed by atoms with Gasteiger partial charge in [-0.25, -0.2) is 4.39 Å². The molecule has 2 aromatic carbocycles. The Balaban J connectivity index is 1.84. The first-order valence-corrected chi connectivity index (χ1v) is 6.71. The molecule has 0 amide bonds. The molecule has 0 heterocycles. The molecule has 3 rings (SSSR count). The summed E-state index contributed by atoms with van der Waals surface area (Å²) in [4.78, 5) is 0. The van der Waals surface area contributed by atoms with E-state index in [0.29, 0.717) is 11.1 Å². The number of hydrogen-bond donors (Lipinski definition) is 1. The zero-order chi connectivity index (χ0) is 14.1. The average molecular weight is 266 g/mol. The Morgan fingerprint density at radius 3 is 2.45 bits per heavy atom. The number of halogens is 1. The second kappa shape index (κ2) is 4.97. The van der Waals surface area contributed by atoms with Crippen molar-refractivity contribution in [2.45, 2.75) is 25.8 Å². The molecule has 1 aliphatic rings. The highest BCUT2D eigenvalue weighted by Gasteiger charge is 2.21. The standard InChI is InChI=1S/C17H15FN2/c1-11-16(18)6-12(10-19)7-17(11)20-15-8-13-4-2-3-5-14(13)9-15/h2-7,15,20H,8-9H2,1H3. The molecule has 0 radical (unpaired) electrons. The summed E-state index contributed by atoms with van der Waals surface area (Å²) in [6.45, 7) is 1.74. The van der Waals surface area contributed by atoms with Gasteiger partial charge in [-0.05, 0) is 43.0 Å². The SMILES string of the molecule is Cc1c(F)cc(C#N)cc1NC1Cc2ccccc2C1. The summed E-state index contributed by atoms with van der Waals surface area (Å²) in [5.41, 5.74) is 4.34. The number of nitrogens with one attached hydrogen (secondary N) is 1. The van der Waals surface area contributed by atoms with Gasteiger partial charge in [0, 0.05) is 17.3 Å². The molecule has 100 valence electrons. The van der Waals surface area contributed by atoms with Gasteiger partial charge in [-0.2, -0.15) is 5.26 Å². The van der Waals surface area contributed by atoms with E-state index in [1.807, 2.05) is 18.2 Å². The van der Waals surface area contributed by atoms with E-state index in [4.69, 9.17) is 5.26 Å². The van der Waals surface area contributed by atoms with Gasteiger partial charge in [0.05, 0.1) is 11.6 Å². The lowest BCUT2D eigenvalue weighted by molar-refractivity contribution is 0.617. The van der Waals surface area contributed by atoms with Crippen LogP contribution < -0.4 is 5.32 Å². The lowest BCUT2D eigenvalue weighted by atomic mass is 10.1. The fourth-order valence-electron chi connectivity index (χ4n) is 2.77. The lowest BCUT2D eigenvalue weighted by Crippen LogP contribution is -2.20. The molecule has 3 heteroatoms. The zero-order valence-corrected chi connectivity index (χ0v) is 11.3. The predicted molar refractivity (Wildman–Crippen MR) is 77.1 cm³/mol. The first-order valence-electron chi connectivity index (χ1n) is 6.71. The lowest BCUT2D eigenvalue weighted by Gasteiger charge is -2.16. The number of nitriles is 1. The smallest absolute Gasteiger partial charge is 0.129 e. The van der Waals surface area contributed by atoms with Crippen LogP contribution in [0.15, 0.2) is 36.4 Å². The first-order chi connectivity index (χ1) is 9.67. The van der Waals surface area contributed by atoms with Crippen LogP contribution in [0.3, 0.4) is 0 Å². The monoisotopic (exact) mass is 266 g/mol. The number of rotatable bonds is 2. The molecule has 1 aliphatic carbocycles. The molecule has 0 aromatic heterocycles. The van der Waals surface area contributed by atoms with E-state index < -0.39 is 0 Å². The molecule has 0 bridgehead atoms. The van der Waals surface area contributed by atoms with Crippen molar-refractivity contribution in [3.63, 3.8) is 0 Å². The fraction of sp³-hybridized carbons (Fsp3) is 0.235. The molecule has 0 aliphatic heterocycles. The second-order valence-corrected chi connectivity index (χ2v) is 5.26. The second-order valence-electron chi connectivity index (χ2n) is 5.26. The van der Waals surface area contributed by atoms with Gasteiger partial charge in [0.2, 0.25) is 0 Å². The summed E-state index contributed by atoms with van der Waals surface area (Å²) in [5.74, 6) is -0.331. The van der Waals surface area contributed by atoms with Crippen LogP contribution in [0.5, 0.6) is 0 Å². The first kappa shape index (κ1) is 12.7. The highest BCUT2D eigenvalue weighted by atomic mass is 19.1. The minimum atomic E-state index is -0.331. The van der Waals surface area contributed by atoms with Gasteiger partial charge in [0.25, 0.3) is 0 Å². The molecule has 2 nitrogen and oxygen atoms in total. The summed E-state index contributed by atoms with van der Waals surface area (Å²) >= 11 is 0. The minimum Gasteiger partial charge on any atom is -0.381 e. The maximum atomic E-state index is 13.8. The molecule has 0 saturated carbocycles. The third-order valence-corrected chi connectivity index (χ3v) is 3.88. The van der Waals surface area contributed by atoms with E-state index in [1.165, 1.54) is 17.2 Å². The van der Waals surface area contributed by atoms with E-state index in [2.05, 4.69) is 17.4 Å². The highest BCUT2D eigenvalue weighted by Crippen LogP contribution is 2.27. The Labute approximate surface area is 117 Å². The molecular formula is C17H15FN2. The Morgan fingerprint density at radius 2 is 1.85 bits per heavy atom. The summed E-state index contributed by atoms with van der Waals surface area (Å²) in [6, 6.07) is 13.6. The van der Waals surface area contributed by atoms with Crippen LogP contribution in [0, 0.1) is 24.1 Å². The van der Waals surface area contributed by atoms with E-state index >= 15 is 0 Å². The number of anilines is 1. The maximum Gasteiger partial charge on any atom is 0.129 e. The van der Waals surface area contributed by atoms with Crippen molar-refractivity contribution in [1.29, 1.82) is 5.26 Å². The van der Waals surface area contributed by atoms with Crippen molar-refractivity contribution in [3.05, 3.63) is 64.5 Å². The average Bonchev–Trinajstić information content (AvgIpc) is 2.85. The highest BCUT2D eigenvalue weighted by molar-refractivity contribution is 5.57. The Kier molecular flexibility index (Phi) is 3.15. The molecule has 0 spiro atoms. The van der Waals surface area contributed by atoms with Crippen LogP contribution in [0.4, 0.5) is 10.1 Å². The predicted octanol–water partition coefficient (Wildman–Crippen LogP) is 3.59. The summed E-state index contributed by atoms with van der Waals surface area (Å²) in [7, 11) is 0. The topological polar surface area (TPSA) is 35.8 Å². The fourth-order valence-corrected chi connectivity index (χ4v) is 2.77. The molecular weight excluding hydrogens is 251 g/mol. The van der Waals surface area contributed by atoms with Crippen LogP contribution in [0.25, 0.3) is 0 Å². The zero-order valence-electron chi connectivity index (χ0n) is 11.3. The molecule has 0 saturated heterocycles. The van der Waals surface area contributed by atoms with Gasteiger partial charge in [0.1, 0.15) is 5.82 Å². The molecule has 0 fully saturated rings. The summed E-state index contributed by atoms with van der Waals surface area (Å²) < 4.78 is 13.8. The van der Waals surface area contributed by atoms with Gasteiger partial charge in [-0.3, -0.25) is 0 Å². The van der Waals surface area contributed by atoms with Crippen molar-refractivity contribution in [2.24, 2.45) is 0 Å². The number of benzene rings is 2. The van der Waals surface area contributed by atoms with Crippen molar-refractivity contribution < 1.29 is 4.39 Å². The maximum absolute atomic E-state index is 13.8. The molecule has 0 atom stereocenters. The number of nitrogens with zero attached hydrogens (tertiary/aromatic N) is 1. The summed E-state index contributed by atoms with van der Waals surface area (Å²) in [5, 5.41) is 12.3. The third-order valence-electron chi connectivity index (χ3n) is 3.88. The van der Waals surface area contributed by atoms with E-state index in [0.717, 1.165) is 18.5 Å². The van der Waals surface area contributed by atoms with Crippen molar-refractivity contribution in [1.82, 2.24) is 0 Å². The van der Waals surface area contributed by atoms with E-state index in [1.54, 1.807) is 13.0 Å². The normalized spacial score (nSPS) is 13.8. The third kappa shape index (κ3) is 2.25. The van der Waals surface area contributed by atoms with Gasteiger partial charge in [-0.1, -0.05) is 24.3 Å². The van der Waals surface area contributed by atoms with E-state index in [9.17, 15) is 4.39 Å². The van der Waals surface area contributed by atoms with Gasteiger partial charge in [-0.15, -0.1) is 0 Å². The van der Waals surface area contributed by atoms with Crippen LogP contribution >= 0.6 is 0 Å². The molecule has 0 unspecified atom stereocenters. The molecule has 1 N–H and O–H groups in total. The largest absolute Gasteiger partial charge is 0.381 e. The molecule has 20 heavy (non-hydrogen) atoms. The molecule has 2 aromatic rings. The number of fused-ring (bicyclic) bond motifs is 1. The van der Waals surface area contributed by atoms with Crippen molar-refractivity contribution in [3.8, 4) is 6.07 Å². The van der Waals surface area contributed by atoms with Gasteiger partial charge >= 0.3 is 0 Å². The van der Waals surface area contributed by atoms with Gasteiger partial charge in [0.15, 0.2) is 0 Å². The van der Waals surface area contributed by atoms with Crippen LogP contribution in [0.2, 0.25) is 0 Å². The Morgan fingerprint density at radius 1 is 1.20 bits per heavy atom. The van der Waals surface area contributed by atoms with Crippen molar-refractivity contribution >= 4 is 5.69 Å². The quantitative estimate of drug-likeness (QED) is 0.901. The van der Waals surface area contributed by atoms with Gasteiger partial charge < -0.3 is 5.32 Å². The Bertz CT molecular complexity index is 676. The van der Waals surface area contributed by atoms with Crippen LogP contribution in [-0.4, -0.2) is 6.04 Å². The minimum absolute atomic E-state index is 0.263. The number of hydrogen-bond acceptors (Lipinski definition) is 2. The van der Waals surface area contributed by atoms with E-state index in [-0.39, 0.29) is 11.9 Å². The van der Waals surface area contributed by atoms with Crippen molar-refractivity contribution in [2.75, 3.05) is 5.32 Å². The van der Waals surface area contributed by atoms with Crippen LogP contribution in [0.1, 0.15) is 22.3 Å². The summed E-state index contributed by atoms with van der Waals surface area (Å²) in [6.07, 6.45) is 1.88. The van der Waals surface area contributed by atoms with Crippen LogP contribution in [-0.2, 0) is 12.8 Å². The Hall–Kier alpha value is -2.34.